The third-order valence-electron chi connectivity index (χ3n) is 5.88. The van der Waals surface area contributed by atoms with Gasteiger partial charge in [-0.25, -0.2) is 8.78 Å². The second-order valence-electron chi connectivity index (χ2n) is 7.78. The Morgan fingerprint density at radius 1 is 1.00 bits per heavy atom. The van der Waals surface area contributed by atoms with Crippen LogP contribution in [-0.2, 0) is 0 Å². The number of benzene rings is 1. The van der Waals surface area contributed by atoms with Crippen molar-refractivity contribution in [2.75, 3.05) is 0 Å². The molecule has 2 aromatic heterocycles. The number of Topliss-reactive ketones (excluding diaryl/α,β-unsaturated/α-hetero) is 1. The van der Waals surface area contributed by atoms with Gasteiger partial charge in [-0.2, -0.15) is 0 Å². The van der Waals surface area contributed by atoms with E-state index in [4.69, 9.17) is 4.42 Å². The van der Waals surface area contributed by atoms with Gasteiger partial charge in [0.05, 0.1) is 11.8 Å². The van der Waals surface area contributed by atoms with Crippen molar-refractivity contribution >= 4 is 5.78 Å². The summed E-state index contributed by atoms with van der Waals surface area (Å²) in [4.78, 5) is 16.4. The molecular weight excluding hydrogens is 360 g/mol. The molecule has 3 nitrogen and oxygen atoms in total. The van der Waals surface area contributed by atoms with Gasteiger partial charge in [0.15, 0.2) is 5.78 Å². The third-order valence-corrected chi connectivity index (χ3v) is 5.88. The summed E-state index contributed by atoms with van der Waals surface area (Å²) >= 11 is 0. The van der Waals surface area contributed by atoms with Gasteiger partial charge in [-0.15, -0.1) is 0 Å². The monoisotopic (exact) mass is 379 g/mol. The summed E-state index contributed by atoms with van der Waals surface area (Å²) in [5.41, 5.74) is 2.48. The highest BCUT2D eigenvalue weighted by atomic mass is 19.1. The highest BCUT2D eigenvalue weighted by Gasteiger charge is 2.37. The van der Waals surface area contributed by atoms with Gasteiger partial charge >= 0.3 is 0 Å². The minimum absolute atomic E-state index is 0.0350. The largest absolute Gasteiger partial charge is 0.461 e. The number of rotatable bonds is 2. The van der Waals surface area contributed by atoms with E-state index in [-0.39, 0.29) is 22.8 Å². The molecule has 2 aliphatic rings. The van der Waals surface area contributed by atoms with Crippen LogP contribution in [0.5, 0.6) is 0 Å². The van der Waals surface area contributed by atoms with E-state index in [1.165, 1.54) is 18.3 Å². The predicted octanol–water partition coefficient (Wildman–Crippen LogP) is 6.07. The number of furan rings is 1. The van der Waals surface area contributed by atoms with Crippen molar-refractivity contribution in [2.24, 2.45) is 5.92 Å². The average molecular weight is 379 g/mol. The highest BCUT2D eigenvalue weighted by Crippen LogP contribution is 2.50. The van der Waals surface area contributed by atoms with E-state index in [1.807, 2.05) is 0 Å². The van der Waals surface area contributed by atoms with Crippen LogP contribution in [0.15, 0.2) is 41.1 Å². The van der Waals surface area contributed by atoms with E-state index in [1.54, 1.807) is 19.1 Å². The van der Waals surface area contributed by atoms with Crippen molar-refractivity contribution in [2.45, 2.75) is 38.5 Å². The van der Waals surface area contributed by atoms with Crippen molar-refractivity contribution in [1.82, 2.24) is 4.98 Å². The number of hydrogen-bond donors (Lipinski definition) is 0. The number of nitrogens with zero attached hydrogens (tertiary/aromatic N) is 1. The van der Waals surface area contributed by atoms with Gasteiger partial charge in [0.25, 0.3) is 0 Å². The molecule has 0 N–H and O–H groups in total. The number of carbonyl (C=O) groups is 1. The first kappa shape index (κ1) is 17.3. The van der Waals surface area contributed by atoms with Crippen LogP contribution < -0.4 is 0 Å². The molecule has 1 aromatic carbocycles. The molecule has 0 radical (unpaired) electrons. The number of halogens is 2. The van der Waals surface area contributed by atoms with Crippen LogP contribution >= 0.6 is 0 Å². The molecule has 0 amide bonds. The summed E-state index contributed by atoms with van der Waals surface area (Å²) in [7, 11) is 0. The van der Waals surface area contributed by atoms with E-state index in [9.17, 15) is 9.18 Å². The second-order valence-corrected chi connectivity index (χ2v) is 7.78. The molecule has 0 bridgehead atoms. The fourth-order valence-electron chi connectivity index (χ4n) is 4.38. The SMILES string of the molecule is Cc1cc2c(o1)-c1cc(F)c(-c3ccncc3F)cc1C(C1CC1)CCC2=O. The molecule has 1 fully saturated rings. The molecule has 0 aliphatic heterocycles. The van der Waals surface area contributed by atoms with E-state index < -0.39 is 11.6 Å². The van der Waals surface area contributed by atoms with Crippen molar-refractivity contribution in [3.05, 3.63) is 65.2 Å². The molecule has 0 saturated heterocycles. The van der Waals surface area contributed by atoms with Gasteiger partial charge in [0.1, 0.15) is 23.2 Å². The lowest BCUT2D eigenvalue weighted by molar-refractivity contribution is 0.0976. The van der Waals surface area contributed by atoms with Gasteiger partial charge in [0, 0.05) is 29.3 Å². The van der Waals surface area contributed by atoms with Crippen LogP contribution in [0, 0.1) is 24.5 Å². The Hall–Kier alpha value is -2.82. The fourth-order valence-corrected chi connectivity index (χ4v) is 4.38. The van der Waals surface area contributed by atoms with Gasteiger partial charge in [-0.1, -0.05) is 0 Å². The fraction of sp³-hybridized carbons (Fsp3) is 0.304. The molecule has 28 heavy (non-hydrogen) atoms. The van der Waals surface area contributed by atoms with Crippen LogP contribution in [-0.4, -0.2) is 10.8 Å². The number of fused-ring (bicyclic) bond motifs is 3. The molecule has 0 spiro atoms. The summed E-state index contributed by atoms with van der Waals surface area (Å²) in [5, 5.41) is 0. The quantitative estimate of drug-likeness (QED) is 0.543. The Balaban J connectivity index is 1.78. The molecule has 2 heterocycles. The maximum Gasteiger partial charge on any atom is 0.166 e. The Morgan fingerprint density at radius 3 is 2.57 bits per heavy atom. The summed E-state index contributed by atoms with van der Waals surface area (Å²) in [6.45, 7) is 1.79. The van der Waals surface area contributed by atoms with Crippen LogP contribution in [0.2, 0.25) is 0 Å². The minimum Gasteiger partial charge on any atom is -0.461 e. The van der Waals surface area contributed by atoms with Crippen LogP contribution in [0.4, 0.5) is 8.78 Å². The van der Waals surface area contributed by atoms with Crippen molar-refractivity contribution in [3.63, 3.8) is 0 Å². The average Bonchev–Trinajstić information content (AvgIpc) is 3.43. The van der Waals surface area contributed by atoms with Gasteiger partial charge in [-0.05, 0) is 67.9 Å². The van der Waals surface area contributed by atoms with Gasteiger partial charge < -0.3 is 4.42 Å². The third kappa shape index (κ3) is 2.77. The zero-order chi connectivity index (χ0) is 19.4. The van der Waals surface area contributed by atoms with Crippen molar-refractivity contribution in [3.8, 4) is 22.5 Å². The van der Waals surface area contributed by atoms with E-state index in [0.717, 1.165) is 24.6 Å². The lowest BCUT2D eigenvalue weighted by Gasteiger charge is -2.23. The molecule has 142 valence electrons. The summed E-state index contributed by atoms with van der Waals surface area (Å²) in [5.74, 6) is 0.618. The standard InChI is InChI=1S/C23H19F2NO2/c1-12-8-19-22(27)5-4-14(13-2-3-13)16-9-17(15-6-7-26-11-21(15)25)20(24)10-18(16)23(19)28-12/h6-11,13-14H,2-5H2,1H3. The van der Waals surface area contributed by atoms with Crippen molar-refractivity contribution in [1.29, 1.82) is 0 Å². The first-order chi connectivity index (χ1) is 13.5. The number of aryl methyl sites for hydroxylation is 1. The predicted molar refractivity (Wildman–Crippen MR) is 101 cm³/mol. The first-order valence-corrected chi connectivity index (χ1v) is 9.60. The van der Waals surface area contributed by atoms with Gasteiger partial charge in [0.2, 0.25) is 0 Å². The Morgan fingerprint density at radius 2 is 1.82 bits per heavy atom. The van der Waals surface area contributed by atoms with Gasteiger partial charge in [-0.3, -0.25) is 9.78 Å². The molecule has 1 saturated carbocycles. The first-order valence-electron chi connectivity index (χ1n) is 9.60. The maximum atomic E-state index is 15.1. The molecule has 5 rings (SSSR count). The number of pyridine rings is 1. The Bertz CT molecular complexity index is 1100. The smallest absolute Gasteiger partial charge is 0.166 e. The molecule has 1 unspecified atom stereocenters. The molecule has 3 aromatic rings. The van der Waals surface area contributed by atoms with Crippen LogP contribution in [0.25, 0.3) is 22.5 Å². The summed E-state index contributed by atoms with van der Waals surface area (Å²) in [6.07, 6.45) is 5.89. The summed E-state index contributed by atoms with van der Waals surface area (Å²) in [6, 6.07) is 6.37. The lowest BCUT2D eigenvalue weighted by atomic mass is 9.80. The summed E-state index contributed by atoms with van der Waals surface area (Å²) < 4.78 is 35.2. The normalized spacial score (nSPS) is 19.0. The number of carbonyl (C=O) groups excluding carboxylic acids is 1. The molecular formula is C23H19F2NO2. The Kier molecular flexibility index (Phi) is 3.93. The molecule has 5 heteroatoms. The highest BCUT2D eigenvalue weighted by molar-refractivity contribution is 6.02. The number of aromatic nitrogens is 1. The van der Waals surface area contributed by atoms with E-state index >= 15 is 4.39 Å². The minimum atomic E-state index is -0.556. The van der Waals surface area contributed by atoms with Crippen LogP contribution in [0.3, 0.4) is 0 Å². The van der Waals surface area contributed by atoms with Crippen molar-refractivity contribution < 1.29 is 18.0 Å². The number of ketones is 1. The van der Waals surface area contributed by atoms with E-state index in [2.05, 4.69) is 4.98 Å². The molecule has 1 atom stereocenters. The van der Waals surface area contributed by atoms with Crippen LogP contribution in [0.1, 0.15) is 53.3 Å². The molecule has 2 aliphatic carbocycles. The van der Waals surface area contributed by atoms with E-state index in [0.29, 0.717) is 41.4 Å². The lowest BCUT2D eigenvalue weighted by Crippen LogP contribution is -2.12. The zero-order valence-corrected chi connectivity index (χ0v) is 15.5. The topological polar surface area (TPSA) is 43.1 Å². The second kappa shape index (κ2) is 6.36. The number of hydrogen-bond acceptors (Lipinski definition) is 3. The maximum absolute atomic E-state index is 15.1. The Labute approximate surface area is 161 Å². The zero-order valence-electron chi connectivity index (χ0n) is 15.5.